The number of carboxylic acid groups (broad SMARTS) is 1. The number of carbonyl (C=O) groups excluding carboxylic acids is 2. The number of aliphatic carboxylic acids is 1. The molecule has 0 aromatic heterocycles. The average Bonchev–Trinajstić information content (AvgIpc) is 3.84. The van der Waals surface area contributed by atoms with Gasteiger partial charge in [0.1, 0.15) is 18.1 Å². The van der Waals surface area contributed by atoms with Gasteiger partial charge in [0.05, 0.1) is 25.7 Å². The number of carboxylic acids is 1. The number of carbonyl (C=O) groups is 3. The van der Waals surface area contributed by atoms with Crippen LogP contribution in [-0.2, 0) is 55.4 Å². The summed E-state index contributed by atoms with van der Waals surface area (Å²) in [4.78, 5) is 33.3. The van der Waals surface area contributed by atoms with Gasteiger partial charge < -0.3 is 19.9 Å². The van der Waals surface area contributed by atoms with Gasteiger partial charge in [0.25, 0.3) is 0 Å². The molecule has 3 saturated heterocycles. The van der Waals surface area contributed by atoms with Crippen molar-refractivity contribution in [1.82, 2.24) is 13.9 Å². The van der Waals surface area contributed by atoms with Crippen LogP contribution in [0.25, 0.3) is 0 Å². The number of nitrogens with one attached hydrogen (secondary N) is 1. The fraction of sp³-hybridized carbons (Fsp3) is 0.559. The van der Waals surface area contributed by atoms with E-state index >= 15 is 0 Å². The van der Waals surface area contributed by atoms with Crippen molar-refractivity contribution < 1.29 is 45.8 Å². The third kappa shape index (κ3) is 13.5. The molecule has 0 spiro atoms. The largest absolute Gasteiger partial charge is 0.480 e. The number of benzene rings is 2. The standard InChI is InChI=1S/C13H17NO4S.C12H15NO4S.C6H11NO2.3CH4/c1-18-13(15)12-8-5-9-14(12)19(16,17)10-11-6-3-2-4-7-11;14-12(15)11-7-4-8-13(11)18(16,17)9-10-5-2-1-3-6-10;1-9-6(8)5-3-2-4-7-5;;;/h2-4,6-7,12H,5,8-10H2,1H3;1-3,5-6,11H,4,7-9H2,(H,14,15);5,7H,2-4H2,1H3;3*1H4. The fourth-order valence-corrected chi connectivity index (χ4v) is 9.06. The van der Waals surface area contributed by atoms with E-state index in [4.69, 9.17) is 5.11 Å². The molecule has 3 aliphatic rings. The zero-order valence-electron chi connectivity index (χ0n) is 26.1. The molecule has 3 aliphatic heterocycles. The molecule has 0 amide bonds. The third-order valence-corrected chi connectivity index (χ3v) is 11.5. The second-order valence-corrected chi connectivity index (χ2v) is 14.9. The number of ether oxygens (including phenoxy) is 2. The molecule has 3 heterocycles. The van der Waals surface area contributed by atoms with E-state index in [2.05, 4.69) is 14.8 Å². The van der Waals surface area contributed by atoms with Crippen LogP contribution in [0, 0.1) is 0 Å². The van der Waals surface area contributed by atoms with Crippen LogP contribution in [0.15, 0.2) is 60.7 Å². The smallest absolute Gasteiger partial charge is 0.324 e. The number of hydrogen-bond acceptors (Lipinski definition) is 10. The molecule has 2 N–H and O–H groups in total. The van der Waals surface area contributed by atoms with Crippen molar-refractivity contribution in [2.45, 2.75) is 90.4 Å². The number of nitrogens with zero attached hydrogens (tertiary/aromatic N) is 2. The number of sulfonamides is 2. The molecule has 0 saturated carbocycles. The lowest BCUT2D eigenvalue weighted by molar-refractivity contribution is -0.144. The van der Waals surface area contributed by atoms with Crippen molar-refractivity contribution in [2.75, 3.05) is 33.9 Å². The Morgan fingerprint density at radius 1 is 0.694 bits per heavy atom. The van der Waals surface area contributed by atoms with E-state index < -0.39 is 44.1 Å². The molecular weight excluding hydrogens is 675 g/mol. The van der Waals surface area contributed by atoms with Crippen LogP contribution in [0.1, 0.15) is 71.9 Å². The minimum absolute atomic E-state index is 0. The minimum atomic E-state index is -3.55. The Bertz CT molecular complexity index is 1500. The Balaban J connectivity index is 0.000000722. The molecule has 5 rings (SSSR count). The van der Waals surface area contributed by atoms with Crippen LogP contribution < -0.4 is 5.32 Å². The van der Waals surface area contributed by atoms with Gasteiger partial charge in [-0.25, -0.2) is 16.8 Å². The van der Waals surface area contributed by atoms with Crippen molar-refractivity contribution >= 4 is 38.0 Å². The highest BCUT2D eigenvalue weighted by atomic mass is 32.2. The fourth-order valence-electron chi connectivity index (χ4n) is 5.53. The number of rotatable bonds is 9. The summed E-state index contributed by atoms with van der Waals surface area (Å²) in [5, 5.41) is 12.0. The molecule has 13 nitrogen and oxygen atoms in total. The van der Waals surface area contributed by atoms with Crippen LogP contribution >= 0.6 is 0 Å². The molecule has 15 heteroatoms. The maximum atomic E-state index is 12.4. The summed E-state index contributed by atoms with van der Waals surface area (Å²) in [5.41, 5.74) is 1.39. The zero-order chi connectivity index (χ0) is 33.7. The lowest BCUT2D eigenvalue weighted by Gasteiger charge is -2.22. The highest BCUT2D eigenvalue weighted by Gasteiger charge is 2.40. The normalized spacial score (nSPS) is 20.4. The highest BCUT2D eigenvalue weighted by Crippen LogP contribution is 2.25. The molecule has 2 aromatic rings. The van der Waals surface area contributed by atoms with E-state index in [1.165, 1.54) is 18.5 Å². The first kappa shape index (κ1) is 45.6. The van der Waals surface area contributed by atoms with Crippen molar-refractivity contribution in [2.24, 2.45) is 0 Å². The lowest BCUT2D eigenvalue weighted by atomic mass is 10.2. The molecule has 0 bridgehead atoms. The maximum Gasteiger partial charge on any atom is 0.324 e. The summed E-state index contributed by atoms with van der Waals surface area (Å²) >= 11 is 0. The van der Waals surface area contributed by atoms with Gasteiger partial charge in [-0.2, -0.15) is 8.61 Å². The first-order chi connectivity index (χ1) is 21.9. The first-order valence-electron chi connectivity index (χ1n) is 15.1. The SMILES string of the molecule is C.C.C.COC(=O)C1CCCN1.COC(=O)C1CCCN1S(=O)(=O)Cc1ccccc1.O=C(O)C1CCCN1S(=O)(=O)Cc1ccccc1. The second-order valence-electron chi connectivity index (χ2n) is 11.1. The average molecular weight is 730 g/mol. The van der Waals surface area contributed by atoms with Crippen LogP contribution in [0.2, 0.25) is 0 Å². The van der Waals surface area contributed by atoms with Gasteiger partial charge in [-0.1, -0.05) is 82.9 Å². The van der Waals surface area contributed by atoms with Gasteiger partial charge in [-0.05, 0) is 56.2 Å². The van der Waals surface area contributed by atoms with E-state index in [1.807, 2.05) is 12.1 Å². The Kier molecular flexibility index (Phi) is 20.2. The van der Waals surface area contributed by atoms with E-state index in [0.717, 1.165) is 29.3 Å². The van der Waals surface area contributed by atoms with Crippen LogP contribution in [0.3, 0.4) is 0 Å². The maximum absolute atomic E-state index is 12.4. The zero-order valence-corrected chi connectivity index (χ0v) is 27.7. The van der Waals surface area contributed by atoms with Crippen molar-refractivity contribution in [3.05, 3.63) is 71.8 Å². The predicted octanol–water partition coefficient (Wildman–Crippen LogP) is 4.04. The first-order valence-corrected chi connectivity index (χ1v) is 18.3. The molecule has 278 valence electrons. The molecule has 0 aliphatic carbocycles. The highest BCUT2D eigenvalue weighted by molar-refractivity contribution is 7.88. The molecule has 3 atom stereocenters. The third-order valence-electron chi connectivity index (χ3n) is 7.81. The van der Waals surface area contributed by atoms with Crippen molar-refractivity contribution in [3.8, 4) is 0 Å². The molecule has 49 heavy (non-hydrogen) atoms. The van der Waals surface area contributed by atoms with Crippen LogP contribution in [0.4, 0.5) is 0 Å². The van der Waals surface area contributed by atoms with Crippen molar-refractivity contribution in [1.29, 1.82) is 0 Å². The van der Waals surface area contributed by atoms with E-state index in [-0.39, 0.29) is 45.8 Å². The summed E-state index contributed by atoms with van der Waals surface area (Å²) in [5.74, 6) is -1.90. The molecule has 3 unspecified atom stereocenters. The van der Waals surface area contributed by atoms with Gasteiger partial charge in [-0.3, -0.25) is 14.4 Å². The molecule has 0 radical (unpaired) electrons. The van der Waals surface area contributed by atoms with Crippen LogP contribution in [0.5, 0.6) is 0 Å². The number of esters is 2. The topological polar surface area (TPSA) is 177 Å². The molecular formula is C34H55N3O10S2. The van der Waals surface area contributed by atoms with E-state index in [1.54, 1.807) is 48.5 Å². The van der Waals surface area contributed by atoms with Gasteiger partial charge in [0, 0.05) is 13.1 Å². The van der Waals surface area contributed by atoms with Gasteiger partial charge in [0.15, 0.2) is 0 Å². The predicted molar refractivity (Wildman–Crippen MR) is 190 cm³/mol. The summed E-state index contributed by atoms with van der Waals surface area (Å²) in [6.07, 6.45) is 4.22. The quantitative estimate of drug-likeness (QED) is 0.356. The number of hydrogen-bond donors (Lipinski definition) is 2. The molecule has 2 aromatic carbocycles. The monoisotopic (exact) mass is 729 g/mol. The summed E-state index contributed by atoms with van der Waals surface area (Å²) in [6.45, 7) is 1.63. The Labute approximate surface area is 293 Å². The van der Waals surface area contributed by atoms with Gasteiger partial charge in [-0.15, -0.1) is 0 Å². The van der Waals surface area contributed by atoms with E-state index in [9.17, 15) is 31.2 Å². The number of methoxy groups -OCH3 is 2. The Morgan fingerprint density at radius 2 is 1.12 bits per heavy atom. The minimum Gasteiger partial charge on any atom is -0.480 e. The summed E-state index contributed by atoms with van der Waals surface area (Å²) in [7, 11) is -4.34. The van der Waals surface area contributed by atoms with Gasteiger partial charge >= 0.3 is 17.9 Å². The Hall–Kier alpha value is -3.37. The second kappa shape index (κ2) is 21.7. The summed E-state index contributed by atoms with van der Waals surface area (Å²) < 4.78 is 60.6. The van der Waals surface area contributed by atoms with E-state index in [0.29, 0.717) is 44.3 Å². The summed E-state index contributed by atoms with van der Waals surface area (Å²) in [6, 6.07) is 16.2. The Morgan fingerprint density at radius 3 is 1.51 bits per heavy atom. The van der Waals surface area contributed by atoms with Gasteiger partial charge in [0.2, 0.25) is 20.0 Å². The molecule has 3 fully saturated rings. The van der Waals surface area contributed by atoms with Crippen LogP contribution in [-0.4, -0.2) is 100 Å². The van der Waals surface area contributed by atoms with Crippen molar-refractivity contribution in [3.63, 3.8) is 0 Å². The lowest BCUT2D eigenvalue weighted by Crippen LogP contribution is -2.41.